The van der Waals surface area contributed by atoms with Crippen molar-refractivity contribution in [3.8, 4) is 0 Å². The second-order valence-corrected chi connectivity index (χ2v) is 4.01. The van der Waals surface area contributed by atoms with Gasteiger partial charge in [-0.3, -0.25) is 0 Å². The van der Waals surface area contributed by atoms with E-state index < -0.39 is 0 Å². The number of halogens is 1. The van der Waals surface area contributed by atoms with Gasteiger partial charge in [0.2, 0.25) is 5.96 Å². The monoisotopic (exact) mass is 221 g/mol. The van der Waals surface area contributed by atoms with Crippen LogP contribution in [0, 0.1) is 0 Å². The van der Waals surface area contributed by atoms with E-state index in [-0.39, 0.29) is 23.9 Å². The molecule has 0 heterocycles. The third-order valence-electron chi connectivity index (χ3n) is 1.14. The molecule has 0 atom stereocenters. The first-order chi connectivity index (χ1) is 5.72. The van der Waals surface area contributed by atoms with Crippen molar-refractivity contribution >= 4 is 24.3 Å². The number of aliphatic imine (C=N–C) groups is 2. The van der Waals surface area contributed by atoms with Gasteiger partial charge in [-0.1, -0.05) is 0 Å². The van der Waals surface area contributed by atoms with Crippen molar-refractivity contribution in [2.75, 3.05) is 14.1 Å². The average molecular weight is 222 g/mol. The predicted molar refractivity (Wildman–Crippen MR) is 63.9 cm³/mol. The largest absolute Gasteiger partial charge is 0.369 e. The van der Waals surface area contributed by atoms with Gasteiger partial charge in [0, 0.05) is 14.1 Å². The fourth-order valence-electron chi connectivity index (χ4n) is 0.586. The molecule has 0 aromatic carbocycles. The first kappa shape index (κ1) is 15.5. The summed E-state index contributed by atoms with van der Waals surface area (Å²) in [5.41, 5.74) is 10.9. The van der Waals surface area contributed by atoms with Crippen molar-refractivity contribution in [3.05, 3.63) is 0 Å². The van der Waals surface area contributed by atoms with Gasteiger partial charge in [0.05, 0.1) is 5.54 Å². The normalized spacial score (nSPS) is 13.5. The Hall–Kier alpha value is -0.970. The molecular formula is C8H20ClN5. The molecule has 4 N–H and O–H groups in total. The van der Waals surface area contributed by atoms with Crippen LogP contribution in [-0.4, -0.2) is 36.5 Å². The molecule has 0 fully saturated rings. The number of hydrogen-bond acceptors (Lipinski definition) is 1. The molecule has 0 aliphatic heterocycles. The molecule has 0 saturated carbocycles. The zero-order valence-electron chi connectivity index (χ0n) is 9.40. The molecule has 0 bridgehead atoms. The van der Waals surface area contributed by atoms with Crippen molar-refractivity contribution in [1.82, 2.24) is 4.90 Å². The second kappa shape index (κ2) is 5.70. The van der Waals surface area contributed by atoms with Crippen molar-refractivity contribution in [2.24, 2.45) is 21.5 Å². The van der Waals surface area contributed by atoms with Crippen LogP contribution in [-0.2, 0) is 0 Å². The molecule has 0 aliphatic rings. The fourth-order valence-corrected chi connectivity index (χ4v) is 0.586. The van der Waals surface area contributed by atoms with E-state index in [1.165, 1.54) is 0 Å². The van der Waals surface area contributed by atoms with Gasteiger partial charge in [0.1, 0.15) is 0 Å². The zero-order valence-corrected chi connectivity index (χ0v) is 10.2. The molecule has 0 aliphatic carbocycles. The van der Waals surface area contributed by atoms with Crippen LogP contribution in [0.25, 0.3) is 0 Å². The lowest BCUT2D eigenvalue weighted by molar-refractivity contribution is 0.580. The minimum atomic E-state index is -0.222. The number of nitrogens with zero attached hydrogens (tertiary/aromatic N) is 3. The SMILES string of the molecule is CN(C)C(N)=NC(N)=NC(C)(C)C.Cl. The Morgan fingerprint density at radius 1 is 1.14 bits per heavy atom. The molecule has 0 spiro atoms. The summed E-state index contributed by atoms with van der Waals surface area (Å²) in [6, 6.07) is 0. The molecule has 0 unspecified atom stereocenters. The lowest BCUT2D eigenvalue weighted by Crippen LogP contribution is -2.33. The third kappa shape index (κ3) is 7.67. The van der Waals surface area contributed by atoms with E-state index in [1.807, 2.05) is 20.8 Å². The van der Waals surface area contributed by atoms with Gasteiger partial charge in [-0.05, 0) is 20.8 Å². The minimum absolute atomic E-state index is 0. The molecule has 14 heavy (non-hydrogen) atoms. The summed E-state index contributed by atoms with van der Waals surface area (Å²) in [5.74, 6) is 0.559. The molecule has 0 aromatic heterocycles. The van der Waals surface area contributed by atoms with E-state index in [1.54, 1.807) is 19.0 Å². The summed E-state index contributed by atoms with van der Waals surface area (Å²) in [4.78, 5) is 9.71. The molecule has 0 rings (SSSR count). The van der Waals surface area contributed by atoms with Crippen molar-refractivity contribution in [2.45, 2.75) is 26.3 Å². The molecule has 0 saturated heterocycles. The second-order valence-electron chi connectivity index (χ2n) is 4.01. The summed E-state index contributed by atoms with van der Waals surface area (Å²) in [7, 11) is 3.59. The fraction of sp³-hybridized carbons (Fsp3) is 0.750. The van der Waals surface area contributed by atoms with E-state index in [9.17, 15) is 0 Å². The number of guanidine groups is 2. The van der Waals surface area contributed by atoms with Crippen LogP contribution in [0.1, 0.15) is 20.8 Å². The van der Waals surface area contributed by atoms with Crippen LogP contribution in [0.2, 0.25) is 0 Å². The summed E-state index contributed by atoms with van der Waals surface area (Å²) in [5, 5.41) is 0. The van der Waals surface area contributed by atoms with Crippen LogP contribution in [0.15, 0.2) is 9.98 Å². The van der Waals surface area contributed by atoms with E-state index >= 15 is 0 Å². The van der Waals surface area contributed by atoms with Gasteiger partial charge < -0.3 is 16.4 Å². The Kier molecular flexibility index (Phi) is 6.31. The Morgan fingerprint density at radius 2 is 1.57 bits per heavy atom. The summed E-state index contributed by atoms with van der Waals surface area (Å²) in [6.45, 7) is 5.84. The van der Waals surface area contributed by atoms with Gasteiger partial charge in [-0.2, -0.15) is 4.99 Å². The smallest absolute Gasteiger partial charge is 0.219 e. The maximum absolute atomic E-state index is 5.55. The number of rotatable bonds is 0. The van der Waals surface area contributed by atoms with Gasteiger partial charge in [-0.15, -0.1) is 12.4 Å². The quantitative estimate of drug-likeness (QED) is 0.459. The topological polar surface area (TPSA) is 80.0 Å². The first-order valence-corrected chi connectivity index (χ1v) is 4.09. The highest BCUT2D eigenvalue weighted by Gasteiger charge is 2.07. The lowest BCUT2D eigenvalue weighted by atomic mass is 10.1. The van der Waals surface area contributed by atoms with Crippen LogP contribution in [0.3, 0.4) is 0 Å². The average Bonchev–Trinajstić information content (AvgIpc) is 1.81. The maximum atomic E-state index is 5.55. The maximum Gasteiger partial charge on any atom is 0.219 e. The Morgan fingerprint density at radius 3 is 1.86 bits per heavy atom. The third-order valence-corrected chi connectivity index (χ3v) is 1.14. The van der Waals surface area contributed by atoms with Crippen molar-refractivity contribution in [3.63, 3.8) is 0 Å². The molecule has 84 valence electrons. The van der Waals surface area contributed by atoms with Crippen LogP contribution >= 0.6 is 12.4 Å². The number of nitrogens with two attached hydrogens (primary N) is 2. The Balaban J connectivity index is 0. The molecule has 0 radical (unpaired) electrons. The van der Waals surface area contributed by atoms with Crippen LogP contribution in [0.5, 0.6) is 0 Å². The van der Waals surface area contributed by atoms with Gasteiger partial charge >= 0.3 is 0 Å². The standard InChI is InChI=1S/C8H19N5.ClH/c1-8(2,3)12-6(9)11-7(10)13(4)5;/h1-5H3,(H4,9,10,11,12);1H. The van der Waals surface area contributed by atoms with E-state index in [4.69, 9.17) is 11.5 Å². The highest BCUT2D eigenvalue weighted by molar-refractivity contribution is 5.93. The molecule has 0 amide bonds. The van der Waals surface area contributed by atoms with E-state index in [0.717, 1.165) is 0 Å². The molecule has 6 heteroatoms. The van der Waals surface area contributed by atoms with E-state index in [2.05, 4.69) is 9.98 Å². The zero-order chi connectivity index (χ0) is 10.6. The highest BCUT2D eigenvalue weighted by atomic mass is 35.5. The van der Waals surface area contributed by atoms with Crippen molar-refractivity contribution < 1.29 is 0 Å². The number of hydrogen-bond donors (Lipinski definition) is 2. The van der Waals surface area contributed by atoms with Gasteiger partial charge in [0.15, 0.2) is 5.96 Å². The first-order valence-electron chi connectivity index (χ1n) is 4.09. The molecule has 5 nitrogen and oxygen atoms in total. The summed E-state index contributed by atoms with van der Waals surface area (Å²) in [6.07, 6.45) is 0. The van der Waals surface area contributed by atoms with Gasteiger partial charge in [0.25, 0.3) is 0 Å². The molecule has 0 aromatic rings. The van der Waals surface area contributed by atoms with Crippen molar-refractivity contribution in [1.29, 1.82) is 0 Å². The Labute approximate surface area is 91.7 Å². The summed E-state index contributed by atoms with van der Waals surface area (Å²) < 4.78 is 0. The predicted octanol–water partition coefficient (Wildman–Crippen LogP) is 0.398. The minimum Gasteiger partial charge on any atom is -0.369 e. The van der Waals surface area contributed by atoms with Crippen LogP contribution in [0.4, 0.5) is 0 Å². The van der Waals surface area contributed by atoms with Gasteiger partial charge in [-0.25, -0.2) is 4.99 Å². The lowest BCUT2D eigenvalue weighted by Gasteiger charge is -2.13. The van der Waals surface area contributed by atoms with E-state index in [0.29, 0.717) is 5.96 Å². The molecular weight excluding hydrogens is 202 g/mol. The summed E-state index contributed by atoms with van der Waals surface area (Å²) >= 11 is 0. The Bertz CT molecular complexity index is 226. The van der Waals surface area contributed by atoms with Crippen LogP contribution < -0.4 is 11.5 Å². The highest BCUT2D eigenvalue weighted by Crippen LogP contribution is 2.05.